The van der Waals surface area contributed by atoms with E-state index in [1.54, 1.807) is 10.7 Å². The van der Waals surface area contributed by atoms with Crippen molar-refractivity contribution < 1.29 is 29.0 Å². The van der Waals surface area contributed by atoms with Gasteiger partial charge in [0.1, 0.15) is 29.5 Å². The van der Waals surface area contributed by atoms with Gasteiger partial charge in [-0.15, -0.1) is 11.3 Å². The molecule has 0 aliphatic heterocycles. The van der Waals surface area contributed by atoms with Gasteiger partial charge in [0.2, 0.25) is 5.89 Å². The second-order valence-electron chi connectivity index (χ2n) is 9.12. The van der Waals surface area contributed by atoms with Crippen LogP contribution in [0, 0.1) is 6.92 Å². The SMILES string of the molecule is Cc1oc(-c2ccccc2)nc1COc1ccc(Cn2cc(C(C)(C(=O)O)C(=O)O)c(-c3cccs3)n2)cc1. The fourth-order valence-corrected chi connectivity index (χ4v) is 4.80. The topological polar surface area (TPSA) is 128 Å². The first-order valence-electron chi connectivity index (χ1n) is 12.1. The summed E-state index contributed by atoms with van der Waals surface area (Å²) in [6, 6.07) is 20.7. The lowest BCUT2D eigenvalue weighted by atomic mass is 9.82. The zero-order chi connectivity index (χ0) is 27.6. The monoisotopic (exact) mass is 543 g/mol. The summed E-state index contributed by atoms with van der Waals surface area (Å²) in [6.07, 6.45) is 1.50. The van der Waals surface area contributed by atoms with Crippen LogP contribution in [0.4, 0.5) is 0 Å². The second kappa shape index (κ2) is 10.6. The number of thiophene rings is 1. The molecule has 0 saturated carbocycles. The lowest BCUT2D eigenvalue weighted by Gasteiger charge is -2.19. The van der Waals surface area contributed by atoms with Crippen LogP contribution in [0.15, 0.2) is 82.7 Å². The highest BCUT2D eigenvalue weighted by Gasteiger charge is 2.46. The van der Waals surface area contributed by atoms with Crippen LogP contribution in [0.2, 0.25) is 0 Å². The highest BCUT2D eigenvalue weighted by atomic mass is 32.1. The molecule has 5 aromatic rings. The number of aryl methyl sites for hydroxylation is 1. The Kier molecular flexibility index (Phi) is 7.03. The molecule has 0 radical (unpaired) electrons. The van der Waals surface area contributed by atoms with Crippen molar-refractivity contribution in [3.05, 3.63) is 101 Å². The van der Waals surface area contributed by atoms with E-state index >= 15 is 0 Å². The smallest absolute Gasteiger partial charge is 0.325 e. The van der Waals surface area contributed by atoms with Gasteiger partial charge >= 0.3 is 11.9 Å². The molecule has 0 aliphatic rings. The highest BCUT2D eigenvalue weighted by Crippen LogP contribution is 2.35. The predicted molar refractivity (Wildman–Crippen MR) is 145 cm³/mol. The van der Waals surface area contributed by atoms with Crippen LogP contribution in [0.3, 0.4) is 0 Å². The Morgan fingerprint density at radius 2 is 1.74 bits per heavy atom. The van der Waals surface area contributed by atoms with Gasteiger partial charge < -0.3 is 19.4 Å². The van der Waals surface area contributed by atoms with Gasteiger partial charge in [-0.25, -0.2) is 4.98 Å². The molecule has 0 aliphatic carbocycles. The molecule has 39 heavy (non-hydrogen) atoms. The number of benzene rings is 2. The summed E-state index contributed by atoms with van der Waals surface area (Å²) in [5.41, 5.74) is 0.813. The van der Waals surface area contributed by atoms with Crippen LogP contribution in [0.1, 0.15) is 29.5 Å². The van der Waals surface area contributed by atoms with Crippen LogP contribution < -0.4 is 4.74 Å². The predicted octanol–water partition coefficient (Wildman–Crippen LogP) is 5.63. The number of aromatic nitrogens is 3. The molecule has 0 atom stereocenters. The maximum Gasteiger partial charge on any atom is 0.325 e. The van der Waals surface area contributed by atoms with E-state index in [4.69, 9.17) is 9.15 Å². The summed E-state index contributed by atoms with van der Waals surface area (Å²) in [4.78, 5) is 29.3. The number of hydrogen-bond donors (Lipinski definition) is 2. The number of carboxylic acids is 2. The van der Waals surface area contributed by atoms with Gasteiger partial charge in [0, 0.05) is 17.3 Å². The van der Waals surface area contributed by atoms with Crippen LogP contribution in [0.25, 0.3) is 22.0 Å². The minimum Gasteiger partial charge on any atom is -0.487 e. The number of nitrogens with zero attached hydrogens (tertiary/aromatic N) is 3. The molecule has 3 aromatic heterocycles. The van der Waals surface area contributed by atoms with E-state index < -0.39 is 17.4 Å². The average molecular weight is 544 g/mol. The van der Waals surface area contributed by atoms with Crippen LogP contribution in [-0.4, -0.2) is 36.9 Å². The van der Waals surface area contributed by atoms with Crippen molar-refractivity contribution in [2.24, 2.45) is 0 Å². The summed E-state index contributed by atoms with van der Waals surface area (Å²) >= 11 is 1.37. The zero-order valence-corrected chi connectivity index (χ0v) is 22.0. The molecule has 0 spiro atoms. The third-order valence-corrected chi connectivity index (χ3v) is 7.34. The Bertz CT molecular complexity index is 1590. The molecule has 2 aromatic carbocycles. The molecular weight excluding hydrogens is 518 g/mol. The minimum absolute atomic E-state index is 0.128. The molecule has 0 saturated heterocycles. The number of rotatable bonds is 10. The maximum atomic E-state index is 12.0. The van der Waals surface area contributed by atoms with Gasteiger partial charge in [0.15, 0.2) is 5.41 Å². The molecule has 198 valence electrons. The van der Waals surface area contributed by atoms with Crippen LogP contribution >= 0.6 is 11.3 Å². The molecule has 2 N–H and O–H groups in total. The average Bonchev–Trinajstić information content (AvgIpc) is 3.68. The number of ether oxygens (including phenoxy) is 1. The van der Waals surface area contributed by atoms with E-state index in [0.29, 0.717) is 40.2 Å². The molecule has 0 bridgehead atoms. The number of carbonyl (C=O) groups is 2. The second-order valence-corrected chi connectivity index (χ2v) is 10.1. The first kappa shape index (κ1) is 25.9. The van der Waals surface area contributed by atoms with Crippen molar-refractivity contribution in [3.63, 3.8) is 0 Å². The molecule has 10 heteroatoms. The van der Waals surface area contributed by atoms with E-state index in [-0.39, 0.29) is 12.2 Å². The first-order chi connectivity index (χ1) is 18.8. The molecule has 0 unspecified atom stereocenters. The summed E-state index contributed by atoms with van der Waals surface area (Å²) in [5.74, 6) is -1.02. The van der Waals surface area contributed by atoms with Gasteiger partial charge in [-0.05, 0) is 55.1 Å². The van der Waals surface area contributed by atoms with E-state index in [0.717, 1.165) is 11.1 Å². The van der Waals surface area contributed by atoms with Crippen molar-refractivity contribution in [1.82, 2.24) is 14.8 Å². The number of carboxylic acid groups (broad SMARTS) is 2. The van der Waals surface area contributed by atoms with Crippen molar-refractivity contribution in [2.45, 2.75) is 32.4 Å². The van der Waals surface area contributed by atoms with E-state index in [9.17, 15) is 19.8 Å². The zero-order valence-electron chi connectivity index (χ0n) is 21.2. The van der Waals surface area contributed by atoms with E-state index in [1.807, 2.05) is 73.0 Å². The lowest BCUT2D eigenvalue weighted by molar-refractivity contribution is -0.156. The first-order valence-corrected chi connectivity index (χ1v) is 13.0. The maximum absolute atomic E-state index is 12.0. The van der Waals surface area contributed by atoms with Crippen molar-refractivity contribution in [2.75, 3.05) is 0 Å². The number of hydrogen-bond acceptors (Lipinski definition) is 7. The Hall–Kier alpha value is -4.70. The third-order valence-electron chi connectivity index (χ3n) is 6.47. The van der Waals surface area contributed by atoms with Gasteiger partial charge in [-0.3, -0.25) is 14.3 Å². The highest BCUT2D eigenvalue weighted by molar-refractivity contribution is 7.13. The van der Waals surface area contributed by atoms with Crippen molar-refractivity contribution in [3.8, 4) is 27.8 Å². The van der Waals surface area contributed by atoms with Crippen LogP contribution in [-0.2, 0) is 28.2 Å². The molecular formula is C29H25N3O6S. The van der Waals surface area contributed by atoms with Gasteiger partial charge in [-0.1, -0.05) is 36.4 Å². The quantitative estimate of drug-likeness (QED) is 0.217. The standard InChI is InChI=1S/C29H25N3O6S/c1-18-23(30-26(38-18)20-7-4-3-5-8-20)17-37-21-12-10-19(11-13-21)15-32-16-22(29(2,27(33)34)28(35)36)25(31-32)24-9-6-14-39-24/h3-14,16H,15,17H2,1-2H3,(H,33,34)(H,35,36). The van der Waals surface area contributed by atoms with Gasteiger partial charge in [0.05, 0.1) is 11.4 Å². The fourth-order valence-electron chi connectivity index (χ4n) is 4.08. The lowest BCUT2D eigenvalue weighted by Crippen LogP contribution is -2.40. The Labute approximate surface area is 228 Å². The third kappa shape index (κ3) is 5.19. The summed E-state index contributed by atoms with van der Waals surface area (Å²) < 4.78 is 13.3. The molecule has 5 rings (SSSR count). The fraction of sp³-hybridized carbons (Fsp3) is 0.172. The summed E-state index contributed by atoms with van der Waals surface area (Å²) in [7, 11) is 0. The molecule has 9 nitrogen and oxygen atoms in total. The largest absolute Gasteiger partial charge is 0.487 e. The summed E-state index contributed by atoms with van der Waals surface area (Å²) in [6.45, 7) is 3.60. The normalized spacial score (nSPS) is 11.4. The minimum atomic E-state index is -2.14. The molecule has 0 amide bonds. The van der Waals surface area contributed by atoms with Crippen molar-refractivity contribution in [1.29, 1.82) is 0 Å². The number of aliphatic carboxylic acids is 2. The molecule has 3 heterocycles. The number of oxazole rings is 1. The molecule has 0 fully saturated rings. The van der Waals surface area contributed by atoms with Crippen LogP contribution in [0.5, 0.6) is 5.75 Å². The van der Waals surface area contributed by atoms with Crippen molar-refractivity contribution >= 4 is 23.3 Å². The van der Waals surface area contributed by atoms with E-state index in [2.05, 4.69) is 10.1 Å². The van der Waals surface area contributed by atoms with Gasteiger partial charge in [-0.2, -0.15) is 5.10 Å². The van der Waals surface area contributed by atoms with Gasteiger partial charge in [0.25, 0.3) is 0 Å². The summed E-state index contributed by atoms with van der Waals surface area (Å²) in [5, 5.41) is 26.0. The van der Waals surface area contributed by atoms with E-state index in [1.165, 1.54) is 24.5 Å². The Morgan fingerprint density at radius 3 is 2.38 bits per heavy atom. The Morgan fingerprint density at radius 1 is 1.03 bits per heavy atom. The Balaban J connectivity index is 1.32.